The third-order valence-electron chi connectivity index (χ3n) is 8.34. The number of aliphatic hydroxyl groups excluding tert-OH is 1. The number of hydrogen-bond acceptors (Lipinski definition) is 10. The number of aliphatic hydroxyl groups is 1. The zero-order valence-electron chi connectivity index (χ0n) is 27.9. The van der Waals surface area contributed by atoms with E-state index in [1.54, 1.807) is 53.2 Å². The van der Waals surface area contributed by atoms with Crippen molar-refractivity contribution in [3.8, 4) is 22.9 Å². The smallest absolute Gasteiger partial charge is 0.319 e. The van der Waals surface area contributed by atoms with Crippen molar-refractivity contribution < 1.29 is 29.2 Å². The first-order valence-corrected chi connectivity index (χ1v) is 17.7. The monoisotopic (exact) mass is 716 g/mol. The summed E-state index contributed by atoms with van der Waals surface area (Å²) in [6, 6.07) is 38.5. The lowest BCUT2D eigenvalue weighted by Gasteiger charge is -2.36. The van der Waals surface area contributed by atoms with E-state index in [9.17, 15) is 15.0 Å². The topological polar surface area (TPSA) is 153 Å². The maximum Gasteiger partial charge on any atom is 0.319 e. The number of aromatic hydroxyl groups is 1. The van der Waals surface area contributed by atoms with Gasteiger partial charge in [-0.05, 0) is 87.8 Å². The van der Waals surface area contributed by atoms with Gasteiger partial charge in [-0.25, -0.2) is 4.79 Å². The number of phenols is 1. The quantitative estimate of drug-likeness (QED) is 0.0949. The Labute approximate surface area is 304 Å². The highest BCUT2D eigenvalue weighted by Crippen LogP contribution is 2.39. The maximum absolute atomic E-state index is 12.7. The van der Waals surface area contributed by atoms with Crippen LogP contribution >= 0.6 is 11.8 Å². The SMILES string of the molecule is O=C(NCc1ccc([C@H]2O[C@@H](CSc3nnnn3-c3ccc(O)cc3)C[C@@H](c3ccc(CO)cc3)O2)cc1)Nc1ccc(Oc2ccccc2)cc1. The number of aromatic nitrogens is 4. The molecule has 1 aliphatic rings. The van der Waals surface area contributed by atoms with E-state index in [4.69, 9.17) is 14.2 Å². The van der Waals surface area contributed by atoms with Crippen LogP contribution in [0.15, 0.2) is 133 Å². The third-order valence-corrected chi connectivity index (χ3v) is 9.40. The number of urea groups is 1. The molecule has 52 heavy (non-hydrogen) atoms. The predicted octanol–water partition coefficient (Wildman–Crippen LogP) is 7.31. The number of benzene rings is 5. The molecule has 0 saturated carbocycles. The molecule has 1 aromatic heterocycles. The van der Waals surface area contributed by atoms with Gasteiger partial charge in [0.1, 0.15) is 17.2 Å². The van der Waals surface area contributed by atoms with Crippen molar-refractivity contribution in [2.45, 2.75) is 43.2 Å². The Hall–Kier alpha value is -5.73. The van der Waals surface area contributed by atoms with Gasteiger partial charge in [-0.15, -0.1) is 5.10 Å². The second kappa shape index (κ2) is 16.5. The molecule has 0 unspecified atom stereocenters. The van der Waals surface area contributed by atoms with Crippen LogP contribution in [-0.4, -0.2) is 48.3 Å². The lowest BCUT2D eigenvalue weighted by molar-refractivity contribution is -0.245. The van der Waals surface area contributed by atoms with Gasteiger partial charge in [-0.1, -0.05) is 78.5 Å². The summed E-state index contributed by atoms with van der Waals surface area (Å²) in [5.74, 6) is 2.13. The molecule has 0 bridgehead atoms. The molecule has 6 aromatic rings. The molecule has 13 heteroatoms. The van der Waals surface area contributed by atoms with Crippen molar-refractivity contribution in [1.82, 2.24) is 25.5 Å². The summed E-state index contributed by atoms with van der Waals surface area (Å²) in [5, 5.41) is 37.8. The zero-order valence-corrected chi connectivity index (χ0v) is 28.7. The molecule has 0 spiro atoms. The molecule has 264 valence electrons. The number of nitrogens with zero attached hydrogens (tertiary/aromatic N) is 4. The molecular formula is C39H36N6O6S. The standard InChI is InChI=1S/C39H36N6O6S/c46-24-27-8-10-28(11-9-27)36-22-35(25-52-39-42-43-44-45(39)31-16-18-32(47)19-17-31)50-37(51-36)29-12-6-26(7-13-29)23-40-38(48)41-30-14-20-34(21-15-30)49-33-4-2-1-3-5-33/h1-21,35-37,46-47H,22-25H2,(H2,40,41,48)/t35-,36+,37+/m1/s1. The van der Waals surface area contributed by atoms with Gasteiger partial charge in [0.05, 0.1) is 24.5 Å². The molecule has 1 fully saturated rings. The summed E-state index contributed by atoms with van der Waals surface area (Å²) >= 11 is 1.47. The van der Waals surface area contributed by atoms with Gasteiger partial charge >= 0.3 is 6.03 Å². The largest absolute Gasteiger partial charge is 0.508 e. The van der Waals surface area contributed by atoms with Crippen LogP contribution in [0.2, 0.25) is 0 Å². The van der Waals surface area contributed by atoms with Gasteiger partial charge in [0.2, 0.25) is 5.16 Å². The number of anilines is 1. The molecule has 1 aliphatic heterocycles. The van der Waals surface area contributed by atoms with Crippen LogP contribution in [0.4, 0.5) is 10.5 Å². The van der Waals surface area contributed by atoms with Gasteiger partial charge in [0, 0.05) is 30.0 Å². The van der Waals surface area contributed by atoms with Crippen LogP contribution < -0.4 is 15.4 Å². The van der Waals surface area contributed by atoms with E-state index in [0.717, 1.165) is 33.7 Å². The van der Waals surface area contributed by atoms with Crippen LogP contribution in [0.25, 0.3) is 5.69 Å². The number of phenolic OH excluding ortho intramolecular Hbond substituents is 1. The van der Waals surface area contributed by atoms with Gasteiger partial charge in [-0.3, -0.25) is 0 Å². The Morgan fingerprint density at radius 3 is 2.25 bits per heavy atom. The average molecular weight is 717 g/mol. The predicted molar refractivity (Wildman–Crippen MR) is 195 cm³/mol. The summed E-state index contributed by atoms with van der Waals surface area (Å²) in [4.78, 5) is 12.7. The Kier molecular flexibility index (Phi) is 11.0. The Balaban J connectivity index is 0.972. The number of carbonyl (C=O) groups excluding carboxylic acids is 1. The second-order valence-corrected chi connectivity index (χ2v) is 13.0. The minimum absolute atomic E-state index is 0.0346. The van der Waals surface area contributed by atoms with E-state index in [1.165, 1.54) is 11.8 Å². The first-order valence-electron chi connectivity index (χ1n) is 16.7. The molecule has 7 rings (SSSR count). The number of thioether (sulfide) groups is 1. The molecule has 12 nitrogen and oxygen atoms in total. The van der Waals surface area contributed by atoms with Crippen molar-refractivity contribution in [1.29, 1.82) is 0 Å². The van der Waals surface area contributed by atoms with E-state index in [2.05, 4.69) is 26.2 Å². The summed E-state index contributed by atoms with van der Waals surface area (Å²) < 4.78 is 20.4. The van der Waals surface area contributed by atoms with Crippen LogP contribution in [-0.2, 0) is 22.6 Å². The Morgan fingerprint density at radius 1 is 0.827 bits per heavy atom. The normalized spacial score (nSPS) is 17.0. The fourth-order valence-electron chi connectivity index (χ4n) is 5.60. The van der Waals surface area contributed by atoms with Crippen LogP contribution in [0.3, 0.4) is 0 Å². The first kappa shape index (κ1) is 34.7. The molecule has 2 heterocycles. The highest BCUT2D eigenvalue weighted by molar-refractivity contribution is 7.99. The number of tetrazole rings is 1. The summed E-state index contributed by atoms with van der Waals surface area (Å²) in [6.07, 6.45) is -0.508. The second-order valence-electron chi connectivity index (χ2n) is 12.0. The fraction of sp³-hybridized carbons (Fsp3) is 0.179. The third kappa shape index (κ3) is 8.94. The molecule has 0 radical (unpaired) electrons. The van der Waals surface area contributed by atoms with Crippen molar-refractivity contribution in [2.24, 2.45) is 0 Å². The summed E-state index contributed by atoms with van der Waals surface area (Å²) in [7, 11) is 0. The molecule has 2 amide bonds. The van der Waals surface area contributed by atoms with Crippen LogP contribution in [0.5, 0.6) is 17.2 Å². The van der Waals surface area contributed by atoms with E-state index in [-0.39, 0.29) is 30.6 Å². The summed E-state index contributed by atoms with van der Waals surface area (Å²) in [5.41, 5.74) is 4.93. The minimum atomic E-state index is -0.644. The fourth-order valence-corrected chi connectivity index (χ4v) is 6.50. The Bertz CT molecular complexity index is 2050. The van der Waals surface area contributed by atoms with Crippen LogP contribution in [0, 0.1) is 0 Å². The average Bonchev–Trinajstić information content (AvgIpc) is 3.66. The number of carbonyl (C=O) groups is 1. The highest BCUT2D eigenvalue weighted by atomic mass is 32.2. The lowest BCUT2D eigenvalue weighted by atomic mass is 10.0. The number of amides is 2. The van der Waals surface area contributed by atoms with E-state index < -0.39 is 6.29 Å². The lowest BCUT2D eigenvalue weighted by Crippen LogP contribution is -2.31. The van der Waals surface area contributed by atoms with Crippen molar-refractivity contribution >= 4 is 23.5 Å². The van der Waals surface area contributed by atoms with E-state index in [0.29, 0.717) is 35.3 Å². The molecule has 5 aromatic carbocycles. The van der Waals surface area contributed by atoms with E-state index in [1.807, 2.05) is 78.9 Å². The van der Waals surface area contributed by atoms with Gasteiger partial charge in [-0.2, -0.15) is 4.68 Å². The van der Waals surface area contributed by atoms with Crippen molar-refractivity contribution in [3.05, 3.63) is 150 Å². The van der Waals surface area contributed by atoms with E-state index >= 15 is 0 Å². The van der Waals surface area contributed by atoms with Crippen molar-refractivity contribution in [2.75, 3.05) is 11.1 Å². The maximum atomic E-state index is 12.7. The van der Waals surface area contributed by atoms with Gasteiger partial charge in [0.15, 0.2) is 6.29 Å². The summed E-state index contributed by atoms with van der Waals surface area (Å²) in [6.45, 7) is 0.287. The van der Waals surface area contributed by atoms with Gasteiger partial charge in [0.25, 0.3) is 0 Å². The molecule has 4 N–H and O–H groups in total. The number of rotatable bonds is 12. The number of nitrogens with one attached hydrogen (secondary N) is 2. The van der Waals surface area contributed by atoms with Crippen molar-refractivity contribution in [3.63, 3.8) is 0 Å². The minimum Gasteiger partial charge on any atom is -0.508 e. The van der Waals surface area contributed by atoms with Crippen LogP contribution in [0.1, 0.15) is 41.1 Å². The van der Waals surface area contributed by atoms with Gasteiger partial charge < -0.3 is 35.1 Å². The number of hydrogen-bond donors (Lipinski definition) is 4. The highest BCUT2D eigenvalue weighted by Gasteiger charge is 2.32. The number of para-hydroxylation sites is 1. The molecule has 3 atom stereocenters. The number of ether oxygens (including phenoxy) is 3. The molecule has 1 saturated heterocycles. The molecular weight excluding hydrogens is 681 g/mol. The molecule has 0 aliphatic carbocycles. The first-order chi connectivity index (χ1) is 25.5. The Morgan fingerprint density at radius 2 is 1.52 bits per heavy atom. The zero-order chi connectivity index (χ0) is 35.7.